The molecule has 0 aromatic heterocycles. The van der Waals surface area contributed by atoms with E-state index in [1.165, 1.54) is 0 Å². The molecule has 3 unspecified atom stereocenters. The summed E-state index contributed by atoms with van der Waals surface area (Å²) < 4.78 is 0. The Hall–Kier alpha value is -2.34. The largest absolute Gasteiger partial charge is 0.384 e. The fourth-order valence-corrected chi connectivity index (χ4v) is 4.64. The van der Waals surface area contributed by atoms with Gasteiger partial charge in [-0.05, 0) is 42.2 Å². The molecule has 5 N–H and O–H groups in total. The van der Waals surface area contributed by atoms with Gasteiger partial charge in [0, 0.05) is 31.3 Å². The van der Waals surface area contributed by atoms with Crippen LogP contribution < -0.4 is 11.5 Å². The molecule has 0 aliphatic rings. The number of benzene rings is 2. The molecule has 0 aliphatic carbocycles. The number of aliphatic hydroxyl groups excluding tert-OH is 1. The summed E-state index contributed by atoms with van der Waals surface area (Å²) in [4.78, 5) is 25.3. The molecule has 0 spiro atoms. The van der Waals surface area contributed by atoms with Gasteiger partial charge < -0.3 is 16.6 Å². The number of Topliss-reactive ketones (excluding diaryl/α,β-unsaturated/α-hetero) is 2. The molecular weight excluding hydrogens is 424 g/mol. The summed E-state index contributed by atoms with van der Waals surface area (Å²) >= 11 is 0. The highest BCUT2D eigenvalue weighted by Crippen LogP contribution is 2.37. The Balaban J connectivity index is 1.82. The van der Waals surface area contributed by atoms with Crippen LogP contribution in [0.25, 0.3) is 0 Å². The van der Waals surface area contributed by atoms with Crippen LogP contribution in [0.4, 0.5) is 0 Å². The summed E-state index contributed by atoms with van der Waals surface area (Å²) in [5, 5.41) is 10.5. The first kappa shape index (κ1) is 27.9. The first-order valence-electron chi connectivity index (χ1n) is 12.6. The number of hydrogen-bond donors (Lipinski definition) is 3. The highest BCUT2D eigenvalue weighted by atomic mass is 16.3. The molecule has 0 fully saturated rings. The van der Waals surface area contributed by atoms with Gasteiger partial charge in [-0.2, -0.15) is 0 Å². The van der Waals surface area contributed by atoms with E-state index in [-0.39, 0.29) is 29.4 Å². The summed E-state index contributed by atoms with van der Waals surface area (Å²) in [5.74, 6) is -0.0446. The monoisotopic (exact) mass is 466 g/mol. The minimum Gasteiger partial charge on any atom is -0.384 e. The van der Waals surface area contributed by atoms with Gasteiger partial charge in [0.25, 0.3) is 0 Å². The zero-order chi connectivity index (χ0) is 25.0. The second-order valence-electron chi connectivity index (χ2n) is 9.66. The van der Waals surface area contributed by atoms with Crippen LogP contribution in [0.15, 0.2) is 60.7 Å². The quantitative estimate of drug-likeness (QED) is 0.340. The van der Waals surface area contributed by atoms with Crippen LogP contribution in [0.3, 0.4) is 0 Å². The van der Waals surface area contributed by atoms with E-state index in [4.69, 9.17) is 11.5 Å². The molecule has 34 heavy (non-hydrogen) atoms. The van der Waals surface area contributed by atoms with Crippen molar-refractivity contribution >= 4 is 11.6 Å². The van der Waals surface area contributed by atoms with E-state index in [0.29, 0.717) is 32.1 Å². The molecule has 0 saturated heterocycles. The lowest BCUT2D eigenvalue weighted by Gasteiger charge is -2.32. The maximum Gasteiger partial charge on any atom is 0.162 e. The fourth-order valence-electron chi connectivity index (χ4n) is 4.64. The summed E-state index contributed by atoms with van der Waals surface area (Å²) in [6, 6.07) is 18.8. The van der Waals surface area contributed by atoms with E-state index in [1.807, 2.05) is 60.7 Å². The van der Waals surface area contributed by atoms with Crippen molar-refractivity contribution in [3.8, 4) is 0 Å². The Labute approximate surface area is 204 Å². The van der Waals surface area contributed by atoms with Gasteiger partial charge in [-0.25, -0.2) is 0 Å². The smallest absolute Gasteiger partial charge is 0.162 e. The average Bonchev–Trinajstić information content (AvgIpc) is 2.85. The third kappa shape index (κ3) is 9.13. The molecule has 2 aromatic rings. The van der Waals surface area contributed by atoms with Crippen molar-refractivity contribution in [2.75, 3.05) is 0 Å². The third-order valence-corrected chi connectivity index (χ3v) is 7.22. The molecule has 186 valence electrons. The van der Waals surface area contributed by atoms with Crippen LogP contribution in [0, 0.1) is 5.41 Å². The average molecular weight is 467 g/mol. The molecule has 0 saturated carbocycles. The summed E-state index contributed by atoms with van der Waals surface area (Å²) in [7, 11) is 0. The van der Waals surface area contributed by atoms with Gasteiger partial charge in [-0.1, -0.05) is 87.4 Å². The van der Waals surface area contributed by atoms with Gasteiger partial charge in [0.1, 0.15) is 11.9 Å². The second kappa shape index (κ2) is 14.1. The predicted octanol–water partition coefficient (Wildman–Crippen LogP) is 4.38. The Kier molecular flexibility index (Phi) is 11.6. The number of nitrogens with two attached hydrogens (primary N) is 2. The van der Waals surface area contributed by atoms with Gasteiger partial charge in [-0.3, -0.25) is 9.59 Å². The van der Waals surface area contributed by atoms with Crippen molar-refractivity contribution in [2.45, 2.75) is 89.8 Å². The Morgan fingerprint density at radius 3 is 1.85 bits per heavy atom. The highest BCUT2D eigenvalue weighted by Gasteiger charge is 2.30. The molecule has 5 heteroatoms. The number of carbonyl (C=O) groups is 2. The zero-order valence-corrected chi connectivity index (χ0v) is 20.8. The lowest BCUT2D eigenvalue weighted by Crippen LogP contribution is -2.42. The lowest BCUT2D eigenvalue weighted by atomic mass is 9.73. The van der Waals surface area contributed by atoms with Crippen LogP contribution in [-0.2, 0) is 22.4 Å². The van der Waals surface area contributed by atoms with E-state index >= 15 is 0 Å². The van der Waals surface area contributed by atoms with Crippen molar-refractivity contribution in [3.05, 3.63) is 71.8 Å². The summed E-state index contributed by atoms with van der Waals surface area (Å²) in [6.45, 7) is 4.22. The van der Waals surface area contributed by atoms with Gasteiger partial charge in [0.2, 0.25) is 0 Å². The first-order chi connectivity index (χ1) is 16.3. The van der Waals surface area contributed by atoms with E-state index < -0.39 is 12.1 Å². The number of carbonyl (C=O) groups excluding carboxylic acids is 2. The van der Waals surface area contributed by atoms with Crippen LogP contribution in [0.2, 0.25) is 0 Å². The Bertz CT molecular complexity index is 865. The molecule has 0 heterocycles. The van der Waals surface area contributed by atoms with Gasteiger partial charge >= 0.3 is 0 Å². The fraction of sp³-hybridized carbons (Fsp3) is 0.517. The van der Waals surface area contributed by atoms with Crippen LogP contribution >= 0.6 is 0 Å². The number of aliphatic hydroxyl groups is 1. The van der Waals surface area contributed by atoms with Crippen molar-refractivity contribution in [1.29, 1.82) is 0 Å². The summed E-state index contributed by atoms with van der Waals surface area (Å²) in [6.07, 6.45) is 4.22. The lowest BCUT2D eigenvalue weighted by molar-refractivity contribution is -0.128. The SMILES string of the molecule is CCC(CC)(CCC(=O)CC(N)Cc1ccccc1)CCC(=O)C(O)C(N)Cc1ccccc1. The minimum atomic E-state index is -1.18. The van der Waals surface area contributed by atoms with Gasteiger partial charge in [0.15, 0.2) is 5.78 Å². The molecule has 5 nitrogen and oxygen atoms in total. The van der Waals surface area contributed by atoms with Crippen LogP contribution in [0.1, 0.15) is 69.9 Å². The Morgan fingerprint density at radius 1 is 0.824 bits per heavy atom. The van der Waals surface area contributed by atoms with Crippen LogP contribution in [0.5, 0.6) is 0 Å². The van der Waals surface area contributed by atoms with Crippen molar-refractivity contribution < 1.29 is 14.7 Å². The van der Waals surface area contributed by atoms with Crippen LogP contribution in [-0.4, -0.2) is 34.9 Å². The highest BCUT2D eigenvalue weighted by molar-refractivity contribution is 5.83. The van der Waals surface area contributed by atoms with E-state index in [2.05, 4.69) is 13.8 Å². The van der Waals surface area contributed by atoms with E-state index in [0.717, 1.165) is 30.4 Å². The molecule has 0 radical (unpaired) electrons. The van der Waals surface area contributed by atoms with Gasteiger partial charge in [-0.15, -0.1) is 0 Å². The van der Waals surface area contributed by atoms with E-state index in [9.17, 15) is 14.7 Å². The predicted molar refractivity (Wildman–Crippen MR) is 138 cm³/mol. The molecule has 0 amide bonds. The van der Waals surface area contributed by atoms with Gasteiger partial charge in [0.05, 0.1) is 0 Å². The summed E-state index contributed by atoms with van der Waals surface area (Å²) in [5.41, 5.74) is 14.4. The molecule has 0 aliphatic heterocycles. The zero-order valence-electron chi connectivity index (χ0n) is 20.8. The second-order valence-corrected chi connectivity index (χ2v) is 9.66. The maximum absolute atomic E-state index is 12.7. The number of rotatable bonds is 16. The third-order valence-electron chi connectivity index (χ3n) is 7.22. The molecule has 2 rings (SSSR count). The molecule has 2 aromatic carbocycles. The normalized spacial score (nSPS) is 14.4. The Morgan fingerprint density at radius 2 is 1.32 bits per heavy atom. The standard InChI is InChI=1S/C29H42N2O3/c1-3-29(4-2,17-15-25(32)21-24(30)19-22-11-7-5-8-12-22)18-16-27(33)28(34)26(31)20-23-13-9-6-10-14-23/h5-14,24,26,28,34H,3-4,15-21,30-31H2,1-2H3. The van der Waals surface area contributed by atoms with Crippen molar-refractivity contribution in [3.63, 3.8) is 0 Å². The minimum absolute atomic E-state index is 0.0991. The molecule has 0 bridgehead atoms. The van der Waals surface area contributed by atoms with E-state index in [1.54, 1.807) is 0 Å². The number of ketones is 2. The van der Waals surface area contributed by atoms with Crippen molar-refractivity contribution in [2.24, 2.45) is 16.9 Å². The van der Waals surface area contributed by atoms with Crippen molar-refractivity contribution in [1.82, 2.24) is 0 Å². The molecule has 3 atom stereocenters. The number of hydrogen-bond acceptors (Lipinski definition) is 5. The molecular formula is C29H42N2O3. The topological polar surface area (TPSA) is 106 Å². The maximum atomic E-state index is 12.7. The first-order valence-corrected chi connectivity index (χ1v) is 12.6.